The Kier molecular flexibility index (Phi) is 2.64. The van der Waals surface area contributed by atoms with Gasteiger partial charge in [-0.1, -0.05) is 6.92 Å². The quantitative estimate of drug-likeness (QED) is 0.752. The highest BCUT2D eigenvalue weighted by molar-refractivity contribution is 5.81. The summed E-state index contributed by atoms with van der Waals surface area (Å²) in [4.78, 5) is 11.7. The predicted molar refractivity (Wildman–Crippen MR) is 51.7 cm³/mol. The van der Waals surface area contributed by atoms with Crippen molar-refractivity contribution >= 4 is 5.91 Å². The van der Waals surface area contributed by atoms with E-state index in [9.17, 15) is 18.0 Å². The zero-order valence-electron chi connectivity index (χ0n) is 9.03. The predicted octanol–water partition coefficient (Wildman–Crippen LogP) is 1.05. The van der Waals surface area contributed by atoms with E-state index in [0.29, 0.717) is 13.1 Å². The molecule has 16 heavy (non-hydrogen) atoms. The lowest BCUT2D eigenvalue weighted by molar-refractivity contribution is -0.171. The average molecular weight is 236 g/mol. The number of nitrogens with one attached hydrogen (secondary N) is 2. The van der Waals surface area contributed by atoms with Gasteiger partial charge in [-0.2, -0.15) is 13.2 Å². The molecule has 3 nitrogen and oxygen atoms in total. The number of hydrogen-bond donors (Lipinski definition) is 2. The van der Waals surface area contributed by atoms with E-state index in [4.69, 9.17) is 0 Å². The third-order valence-electron chi connectivity index (χ3n) is 3.51. The van der Waals surface area contributed by atoms with E-state index in [1.165, 1.54) is 0 Å². The number of carbonyl (C=O) groups excluding carboxylic acids is 1. The minimum Gasteiger partial charge on any atom is -0.342 e. The summed E-state index contributed by atoms with van der Waals surface area (Å²) < 4.78 is 37.8. The van der Waals surface area contributed by atoms with Crippen molar-refractivity contribution < 1.29 is 18.0 Å². The molecule has 1 amide bonds. The van der Waals surface area contributed by atoms with Crippen LogP contribution in [0.5, 0.6) is 0 Å². The summed E-state index contributed by atoms with van der Waals surface area (Å²) in [6.45, 7) is 3.04. The van der Waals surface area contributed by atoms with E-state index >= 15 is 0 Å². The molecule has 2 unspecified atom stereocenters. The molecule has 2 N–H and O–H groups in total. The van der Waals surface area contributed by atoms with Gasteiger partial charge in [-0.3, -0.25) is 4.79 Å². The maximum atomic E-state index is 12.6. The molecule has 0 aromatic carbocycles. The smallest absolute Gasteiger partial charge is 0.342 e. The fourth-order valence-corrected chi connectivity index (χ4v) is 2.09. The largest absolute Gasteiger partial charge is 0.411 e. The Morgan fingerprint density at radius 1 is 1.38 bits per heavy atom. The minimum atomic E-state index is -4.32. The average Bonchev–Trinajstić information content (AvgIpc) is 2.81. The molecule has 1 saturated carbocycles. The maximum absolute atomic E-state index is 12.6. The first-order valence-corrected chi connectivity index (χ1v) is 5.45. The molecule has 2 aliphatic rings. The van der Waals surface area contributed by atoms with Crippen LogP contribution in [0, 0.1) is 11.8 Å². The molecule has 1 aliphatic carbocycles. The Bertz CT molecular complexity index is 299. The van der Waals surface area contributed by atoms with Crippen LogP contribution in [0.2, 0.25) is 0 Å². The summed E-state index contributed by atoms with van der Waals surface area (Å²) in [6, 6.07) is 0. The molecule has 2 fully saturated rings. The monoisotopic (exact) mass is 236 g/mol. The Labute approximate surface area is 91.8 Å². The highest BCUT2D eigenvalue weighted by Crippen LogP contribution is 2.49. The van der Waals surface area contributed by atoms with Gasteiger partial charge in [0.15, 0.2) is 0 Å². The van der Waals surface area contributed by atoms with Crippen LogP contribution in [0.3, 0.4) is 0 Å². The molecule has 1 saturated heterocycles. The maximum Gasteiger partial charge on any atom is 0.411 e. The van der Waals surface area contributed by atoms with Crippen LogP contribution in [-0.4, -0.2) is 30.7 Å². The highest BCUT2D eigenvalue weighted by atomic mass is 19.4. The second kappa shape index (κ2) is 3.61. The molecule has 0 aromatic rings. The Hall–Kier alpha value is -0.780. The van der Waals surface area contributed by atoms with Gasteiger partial charge in [0, 0.05) is 6.54 Å². The van der Waals surface area contributed by atoms with E-state index in [-0.39, 0.29) is 24.7 Å². The molecule has 2 atom stereocenters. The fraction of sp³-hybridized carbons (Fsp3) is 0.900. The van der Waals surface area contributed by atoms with Gasteiger partial charge in [0.1, 0.15) is 5.54 Å². The standard InChI is InChI=1S/C10H15F3N2O/c1-6-4-14-5-7(6)8(16)15-9(2-3-9)10(11,12)13/h6-7,14H,2-5H2,1H3,(H,15,16). The van der Waals surface area contributed by atoms with Crippen molar-refractivity contribution in [3.8, 4) is 0 Å². The van der Waals surface area contributed by atoms with Crippen molar-refractivity contribution in [2.45, 2.75) is 31.5 Å². The molecule has 0 radical (unpaired) electrons. The number of hydrogen-bond acceptors (Lipinski definition) is 2. The van der Waals surface area contributed by atoms with Crippen molar-refractivity contribution in [2.24, 2.45) is 11.8 Å². The van der Waals surface area contributed by atoms with Crippen molar-refractivity contribution in [3.05, 3.63) is 0 Å². The van der Waals surface area contributed by atoms with Gasteiger partial charge in [-0.15, -0.1) is 0 Å². The number of alkyl halides is 3. The van der Waals surface area contributed by atoms with Gasteiger partial charge >= 0.3 is 6.18 Å². The van der Waals surface area contributed by atoms with Crippen LogP contribution in [0.1, 0.15) is 19.8 Å². The lowest BCUT2D eigenvalue weighted by Crippen LogP contribution is -2.50. The van der Waals surface area contributed by atoms with Crippen molar-refractivity contribution in [3.63, 3.8) is 0 Å². The molecule has 92 valence electrons. The molecule has 0 bridgehead atoms. The summed E-state index contributed by atoms with van der Waals surface area (Å²) in [6.07, 6.45) is -4.30. The fourth-order valence-electron chi connectivity index (χ4n) is 2.09. The van der Waals surface area contributed by atoms with Crippen LogP contribution in [0.4, 0.5) is 13.2 Å². The SMILES string of the molecule is CC1CNCC1C(=O)NC1(C(F)(F)F)CC1. The van der Waals surface area contributed by atoms with Crippen molar-refractivity contribution in [1.82, 2.24) is 10.6 Å². The zero-order chi connectivity index (χ0) is 12.0. The van der Waals surface area contributed by atoms with Crippen LogP contribution in [-0.2, 0) is 4.79 Å². The normalized spacial score (nSPS) is 32.5. The van der Waals surface area contributed by atoms with E-state index in [2.05, 4.69) is 10.6 Å². The second-order valence-electron chi connectivity index (χ2n) is 4.81. The molecule has 2 rings (SSSR count). The Balaban J connectivity index is 1.98. The first-order chi connectivity index (χ1) is 7.36. The van der Waals surface area contributed by atoms with Crippen molar-refractivity contribution in [2.75, 3.05) is 13.1 Å². The van der Waals surface area contributed by atoms with E-state index in [1.807, 2.05) is 6.92 Å². The Morgan fingerprint density at radius 3 is 2.38 bits per heavy atom. The van der Waals surface area contributed by atoms with Crippen LogP contribution in [0.15, 0.2) is 0 Å². The number of amides is 1. The lowest BCUT2D eigenvalue weighted by atomic mass is 9.97. The molecule has 0 spiro atoms. The molecule has 6 heteroatoms. The van der Waals surface area contributed by atoms with Gasteiger partial charge in [0.25, 0.3) is 0 Å². The summed E-state index contributed by atoms with van der Waals surface area (Å²) in [5.74, 6) is -0.698. The Morgan fingerprint density at radius 2 is 2.00 bits per heavy atom. The van der Waals surface area contributed by atoms with Crippen LogP contribution in [0.25, 0.3) is 0 Å². The van der Waals surface area contributed by atoms with Gasteiger partial charge in [-0.05, 0) is 25.3 Å². The first-order valence-electron chi connectivity index (χ1n) is 5.45. The summed E-state index contributed by atoms with van der Waals surface area (Å²) >= 11 is 0. The molecule has 1 heterocycles. The second-order valence-corrected chi connectivity index (χ2v) is 4.81. The van der Waals surface area contributed by atoms with E-state index in [1.54, 1.807) is 0 Å². The van der Waals surface area contributed by atoms with Gasteiger partial charge in [0.05, 0.1) is 5.92 Å². The van der Waals surface area contributed by atoms with Gasteiger partial charge in [-0.25, -0.2) is 0 Å². The van der Waals surface area contributed by atoms with Crippen molar-refractivity contribution in [1.29, 1.82) is 0 Å². The topological polar surface area (TPSA) is 41.1 Å². The third kappa shape index (κ3) is 1.90. The number of carbonyl (C=O) groups is 1. The number of halogens is 3. The van der Waals surface area contributed by atoms with Gasteiger partial charge < -0.3 is 10.6 Å². The first kappa shape index (κ1) is 11.7. The highest BCUT2D eigenvalue weighted by Gasteiger charge is 2.64. The summed E-state index contributed by atoms with van der Waals surface area (Å²) in [7, 11) is 0. The zero-order valence-corrected chi connectivity index (χ0v) is 9.03. The van der Waals surface area contributed by atoms with Crippen LogP contribution < -0.4 is 10.6 Å². The summed E-state index contributed by atoms with van der Waals surface area (Å²) in [5.41, 5.74) is -1.92. The number of rotatable bonds is 2. The minimum absolute atomic E-state index is 0.0107. The van der Waals surface area contributed by atoms with E-state index < -0.39 is 17.6 Å². The summed E-state index contributed by atoms with van der Waals surface area (Å²) in [5, 5.41) is 5.18. The molecular weight excluding hydrogens is 221 g/mol. The van der Waals surface area contributed by atoms with E-state index in [0.717, 1.165) is 0 Å². The molecular formula is C10H15F3N2O. The van der Waals surface area contributed by atoms with Gasteiger partial charge in [0.2, 0.25) is 5.91 Å². The van der Waals surface area contributed by atoms with Crippen LogP contribution >= 0.6 is 0 Å². The lowest BCUT2D eigenvalue weighted by Gasteiger charge is -2.23. The molecule has 1 aliphatic heterocycles. The third-order valence-corrected chi connectivity index (χ3v) is 3.51. The molecule has 0 aromatic heterocycles.